The first-order chi connectivity index (χ1) is 10.7. The summed E-state index contributed by atoms with van der Waals surface area (Å²) in [4.78, 5) is 18.2. The zero-order chi connectivity index (χ0) is 15.9. The second kappa shape index (κ2) is 7.56. The molecule has 116 valence electrons. The summed E-state index contributed by atoms with van der Waals surface area (Å²) in [6.07, 6.45) is 1.71. The number of aliphatic hydroxyl groups is 1. The Kier molecular flexibility index (Phi) is 5.49. The molecule has 1 N–H and O–H groups in total. The molecule has 0 spiro atoms. The average molecular weight is 300 g/mol. The standard InChI is InChI=1S/C17H20N2O3/c1-3-19(11-12-20)17(21)14-8-6-13(7-9-14)16-15(22-2)5-4-10-18-16/h4-10,20H,3,11-12H2,1-2H3. The Morgan fingerprint density at radius 2 is 2.00 bits per heavy atom. The minimum Gasteiger partial charge on any atom is -0.494 e. The fraction of sp³-hybridized carbons (Fsp3) is 0.294. The summed E-state index contributed by atoms with van der Waals surface area (Å²) in [7, 11) is 1.60. The lowest BCUT2D eigenvalue weighted by molar-refractivity contribution is 0.0732. The van der Waals surface area contributed by atoms with Gasteiger partial charge in [-0.05, 0) is 31.2 Å². The minimum atomic E-state index is -0.0870. The molecule has 0 bridgehead atoms. The molecule has 0 aliphatic carbocycles. The normalized spacial score (nSPS) is 10.3. The number of methoxy groups -OCH3 is 1. The van der Waals surface area contributed by atoms with Crippen LogP contribution in [-0.4, -0.2) is 47.7 Å². The third-order valence-corrected chi connectivity index (χ3v) is 3.43. The number of ether oxygens (including phenoxy) is 1. The van der Waals surface area contributed by atoms with Crippen molar-refractivity contribution in [3.8, 4) is 17.0 Å². The Morgan fingerprint density at radius 1 is 1.27 bits per heavy atom. The Morgan fingerprint density at radius 3 is 2.59 bits per heavy atom. The molecule has 0 atom stereocenters. The van der Waals surface area contributed by atoms with E-state index in [4.69, 9.17) is 9.84 Å². The van der Waals surface area contributed by atoms with E-state index in [2.05, 4.69) is 4.98 Å². The quantitative estimate of drug-likeness (QED) is 0.888. The van der Waals surface area contributed by atoms with Gasteiger partial charge in [-0.2, -0.15) is 0 Å². The number of pyridine rings is 1. The molecular formula is C17H20N2O3. The molecule has 0 unspecified atom stereocenters. The third kappa shape index (κ3) is 3.43. The van der Waals surface area contributed by atoms with E-state index >= 15 is 0 Å². The van der Waals surface area contributed by atoms with Gasteiger partial charge in [-0.25, -0.2) is 0 Å². The molecule has 2 rings (SSSR count). The first-order valence-electron chi connectivity index (χ1n) is 7.20. The third-order valence-electron chi connectivity index (χ3n) is 3.43. The number of hydrogen-bond donors (Lipinski definition) is 1. The highest BCUT2D eigenvalue weighted by molar-refractivity contribution is 5.94. The van der Waals surface area contributed by atoms with Crippen LogP contribution >= 0.6 is 0 Å². The lowest BCUT2D eigenvalue weighted by Crippen LogP contribution is -2.33. The van der Waals surface area contributed by atoms with Crippen LogP contribution in [0, 0.1) is 0 Å². The predicted molar refractivity (Wildman–Crippen MR) is 84.9 cm³/mol. The van der Waals surface area contributed by atoms with Crippen molar-refractivity contribution in [2.75, 3.05) is 26.8 Å². The molecule has 0 saturated heterocycles. The number of nitrogens with zero attached hydrogens (tertiary/aromatic N) is 2. The SMILES string of the molecule is CCN(CCO)C(=O)c1ccc(-c2ncccc2OC)cc1. The van der Waals surface area contributed by atoms with E-state index in [0.29, 0.717) is 24.4 Å². The van der Waals surface area contributed by atoms with Crippen LogP contribution in [0.1, 0.15) is 17.3 Å². The fourth-order valence-corrected chi connectivity index (χ4v) is 2.25. The van der Waals surface area contributed by atoms with Crippen LogP contribution < -0.4 is 4.74 Å². The Labute approximate surface area is 130 Å². The van der Waals surface area contributed by atoms with E-state index in [1.54, 1.807) is 30.3 Å². The van der Waals surface area contributed by atoms with E-state index in [1.807, 2.05) is 31.2 Å². The zero-order valence-electron chi connectivity index (χ0n) is 12.8. The van der Waals surface area contributed by atoms with Gasteiger partial charge in [0.25, 0.3) is 5.91 Å². The van der Waals surface area contributed by atoms with E-state index in [0.717, 1.165) is 11.3 Å². The van der Waals surface area contributed by atoms with Crippen LogP contribution in [0.3, 0.4) is 0 Å². The topological polar surface area (TPSA) is 62.7 Å². The van der Waals surface area contributed by atoms with Gasteiger partial charge in [0.1, 0.15) is 11.4 Å². The Balaban J connectivity index is 2.25. The van der Waals surface area contributed by atoms with Crippen molar-refractivity contribution in [1.29, 1.82) is 0 Å². The van der Waals surface area contributed by atoms with Crippen molar-refractivity contribution in [3.05, 3.63) is 48.2 Å². The molecular weight excluding hydrogens is 280 g/mol. The molecule has 2 aromatic rings. The van der Waals surface area contributed by atoms with Gasteiger partial charge in [-0.15, -0.1) is 0 Å². The smallest absolute Gasteiger partial charge is 0.253 e. The van der Waals surface area contributed by atoms with Gasteiger partial charge in [0.15, 0.2) is 0 Å². The highest BCUT2D eigenvalue weighted by Gasteiger charge is 2.14. The van der Waals surface area contributed by atoms with Gasteiger partial charge in [0.2, 0.25) is 0 Å². The van der Waals surface area contributed by atoms with Gasteiger partial charge in [0, 0.05) is 30.4 Å². The highest BCUT2D eigenvalue weighted by Crippen LogP contribution is 2.27. The lowest BCUT2D eigenvalue weighted by atomic mass is 10.1. The lowest BCUT2D eigenvalue weighted by Gasteiger charge is -2.19. The number of rotatable bonds is 6. The molecule has 5 nitrogen and oxygen atoms in total. The molecule has 0 aliphatic rings. The molecule has 1 aromatic heterocycles. The number of benzene rings is 1. The number of carbonyl (C=O) groups excluding carboxylic acids is 1. The van der Waals surface area contributed by atoms with Crippen molar-refractivity contribution < 1.29 is 14.6 Å². The summed E-state index contributed by atoms with van der Waals surface area (Å²) in [5.74, 6) is 0.605. The van der Waals surface area contributed by atoms with Crippen LogP contribution in [0.5, 0.6) is 5.75 Å². The van der Waals surface area contributed by atoms with E-state index in [9.17, 15) is 4.79 Å². The number of amides is 1. The Bertz CT molecular complexity index is 626. The van der Waals surface area contributed by atoms with Crippen molar-refractivity contribution in [2.45, 2.75) is 6.92 Å². The molecule has 0 aliphatic heterocycles. The Hall–Kier alpha value is -2.40. The van der Waals surface area contributed by atoms with Crippen molar-refractivity contribution >= 4 is 5.91 Å². The summed E-state index contributed by atoms with van der Waals surface area (Å²) < 4.78 is 5.30. The monoisotopic (exact) mass is 300 g/mol. The van der Waals surface area contributed by atoms with E-state index in [1.165, 1.54) is 0 Å². The molecule has 0 fully saturated rings. The van der Waals surface area contributed by atoms with E-state index in [-0.39, 0.29) is 12.5 Å². The summed E-state index contributed by atoms with van der Waals surface area (Å²) >= 11 is 0. The summed E-state index contributed by atoms with van der Waals surface area (Å²) in [6.45, 7) is 2.75. The summed E-state index contributed by atoms with van der Waals surface area (Å²) in [6, 6.07) is 10.9. The molecule has 1 aromatic carbocycles. The maximum Gasteiger partial charge on any atom is 0.253 e. The first kappa shape index (κ1) is 16.0. The number of aliphatic hydroxyl groups excluding tert-OH is 1. The minimum absolute atomic E-state index is 0.0389. The summed E-state index contributed by atoms with van der Waals surface area (Å²) in [5.41, 5.74) is 2.22. The largest absolute Gasteiger partial charge is 0.494 e. The number of hydrogen-bond acceptors (Lipinski definition) is 4. The maximum absolute atomic E-state index is 12.3. The van der Waals surface area contributed by atoms with Crippen LogP contribution in [0.15, 0.2) is 42.6 Å². The van der Waals surface area contributed by atoms with Gasteiger partial charge in [-0.3, -0.25) is 9.78 Å². The predicted octanol–water partition coefficient (Wildman–Crippen LogP) is 2.21. The molecule has 22 heavy (non-hydrogen) atoms. The molecule has 5 heteroatoms. The van der Waals surface area contributed by atoms with Crippen LogP contribution in [0.4, 0.5) is 0 Å². The van der Waals surface area contributed by atoms with Crippen LogP contribution in [0.2, 0.25) is 0 Å². The second-order valence-electron chi connectivity index (χ2n) is 4.74. The van der Waals surface area contributed by atoms with E-state index < -0.39 is 0 Å². The van der Waals surface area contributed by atoms with Gasteiger partial charge < -0.3 is 14.7 Å². The van der Waals surface area contributed by atoms with Crippen molar-refractivity contribution in [2.24, 2.45) is 0 Å². The summed E-state index contributed by atoms with van der Waals surface area (Å²) in [5, 5.41) is 9.00. The van der Waals surface area contributed by atoms with Gasteiger partial charge in [0.05, 0.1) is 13.7 Å². The van der Waals surface area contributed by atoms with Crippen LogP contribution in [-0.2, 0) is 0 Å². The number of carbonyl (C=O) groups is 1. The van der Waals surface area contributed by atoms with Crippen LogP contribution in [0.25, 0.3) is 11.3 Å². The molecule has 0 saturated carbocycles. The molecule has 1 heterocycles. The number of likely N-dealkylation sites (N-methyl/N-ethyl adjacent to an activating group) is 1. The molecule has 0 radical (unpaired) electrons. The van der Waals surface area contributed by atoms with Gasteiger partial charge in [-0.1, -0.05) is 12.1 Å². The fourth-order valence-electron chi connectivity index (χ4n) is 2.25. The number of aromatic nitrogens is 1. The van der Waals surface area contributed by atoms with Gasteiger partial charge >= 0.3 is 0 Å². The van der Waals surface area contributed by atoms with Crippen molar-refractivity contribution in [3.63, 3.8) is 0 Å². The maximum atomic E-state index is 12.3. The van der Waals surface area contributed by atoms with Crippen molar-refractivity contribution in [1.82, 2.24) is 9.88 Å². The average Bonchev–Trinajstić information content (AvgIpc) is 2.59. The highest BCUT2D eigenvalue weighted by atomic mass is 16.5. The molecule has 1 amide bonds. The first-order valence-corrected chi connectivity index (χ1v) is 7.20. The zero-order valence-corrected chi connectivity index (χ0v) is 12.8. The second-order valence-corrected chi connectivity index (χ2v) is 4.74.